The number of nitrogens with one attached hydrogen (secondary N) is 2. The zero-order valence-corrected chi connectivity index (χ0v) is 13.0. The molecule has 0 radical (unpaired) electrons. The summed E-state index contributed by atoms with van der Waals surface area (Å²) in [6, 6.07) is 8.60. The molecule has 2 aromatic rings. The first kappa shape index (κ1) is 15.5. The average Bonchev–Trinajstić information content (AvgIpc) is 2.85. The summed E-state index contributed by atoms with van der Waals surface area (Å²) >= 11 is 0. The van der Waals surface area contributed by atoms with Crippen LogP contribution in [0.2, 0.25) is 0 Å². The Balaban J connectivity index is 1.96. The second-order valence-corrected chi connectivity index (χ2v) is 6.42. The molecule has 7 heteroatoms. The van der Waals surface area contributed by atoms with Crippen molar-refractivity contribution in [2.75, 3.05) is 18.4 Å². The first-order valence-electron chi connectivity index (χ1n) is 6.83. The summed E-state index contributed by atoms with van der Waals surface area (Å²) in [4.78, 5) is 0.272. The Hall–Kier alpha value is -1.86. The molecule has 0 spiro atoms. The molecule has 0 bridgehead atoms. The van der Waals surface area contributed by atoms with Crippen molar-refractivity contribution in [3.05, 3.63) is 42.2 Å². The number of aromatic nitrogens is 2. The van der Waals surface area contributed by atoms with Gasteiger partial charge in [-0.2, -0.15) is 5.10 Å². The molecular formula is C14H20N4O2S. The molecule has 6 nitrogen and oxygen atoms in total. The van der Waals surface area contributed by atoms with Crippen molar-refractivity contribution in [1.29, 1.82) is 0 Å². The van der Waals surface area contributed by atoms with Crippen molar-refractivity contribution < 1.29 is 8.42 Å². The summed E-state index contributed by atoms with van der Waals surface area (Å²) in [6.07, 6.45) is 2.30. The first-order valence-corrected chi connectivity index (χ1v) is 8.31. The van der Waals surface area contributed by atoms with Gasteiger partial charge in [0.1, 0.15) is 0 Å². The Kier molecular flexibility index (Phi) is 4.98. The number of nitrogens with zero attached hydrogens (tertiary/aromatic N) is 2. The lowest BCUT2D eigenvalue weighted by molar-refractivity contribution is 0.579. The summed E-state index contributed by atoms with van der Waals surface area (Å²) in [5.74, 6) is 0. The standard InChI is InChI=1S/C14H20N4O2S/c1-3-15-12-4-6-14(7-5-12)21(19,20)17-11-9-13-8-10-16-18(13)2/h4-8,10,15,17H,3,9,11H2,1-2H3. The van der Waals surface area contributed by atoms with Crippen LogP contribution < -0.4 is 10.0 Å². The van der Waals surface area contributed by atoms with E-state index in [9.17, 15) is 8.42 Å². The number of sulfonamides is 1. The Labute approximate surface area is 125 Å². The Bertz CT molecular complexity index is 677. The molecule has 0 aliphatic rings. The fourth-order valence-electron chi connectivity index (χ4n) is 2.00. The van der Waals surface area contributed by atoms with Gasteiger partial charge in [-0.3, -0.25) is 4.68 Å². The molecule has 21 heavy (non-hydrogen) atoms. The largest absolute Gasteiger partial charge is 0.385 e. The van der Waals surface area contributed by atoms with Gasteiger partial charge in [0.2, 0.25) is 10.0 Å². The molecule has 0 saturated heterocycles. The predicted octanol–water partition coefficient (Wildman–Crippen LogP) is 1.37. The van der Waals surface area contributed by atoms with E-state index >= 15 is 0 Å². The second-order valence-electron chi connectivity index (χ2n) is 4.65. The van der Waals surface area contributed by atoms with E-state index in [1.807, 2.05) is 20.0 Å². The van der Waals surface area contributed by atoms with Gasteiger partial charge in [0.25, 0.3) is 0 Å². The number of hydrogen-bond acceptors (Lipinski definition) is 4. The number of benzene rings is 1. The molecule has 1 aromatic carbocycles. The zero-order valence-electron chi connectivity index (χ0n) is 12.2. The zero-order chi connectivity index (χ0) is 15.3. The maximum atomic E-state index is 12.2. The van der Waals surface area contributed by atoms with E-state index in [0.29, 0.717) is 13.0 Å². The molecule has 0 unspecified atom stereocenters. The predicted molar refractivity (Wildman–Crippen MR) is 82.7 cm³/mol. The fourth-order valence-corrected chi connectivity index (χ4v) is 3.03. The number of anilines is 1. The van der Waals surface area contributed by atoms with E-state index in [1.54, 1.807) is 35.1 Å². The highest BCUT2D eigenvalue weighted by atomic mass is 32.2. The lowest BCUT2D eigenvalue weighted by Gasteiger charge is -2.08. The minimum Gasteiger partial charge on any atom is -0.385 e. The lowest BCUT2D eigenvalue weighted by atomic mass is 10.3. The first-order chi connectivity index (χ1) is 10.0. The molecule has 0 amide bonds. The SMILES string of the molecule is CCNc1ccc(S(=O)(=O)NCCc2ccnn2C)cc1. The average molecular weight is 308 g/mol. The molecule has 2 N–H and O–H groups in total. The van der Waals surface area contributed by atoms with Crippen LogP contribution in [0.15, 0.2) is 41.4 Å². The van der Waals surface area contributed by atoms with Gasteiger partial charge in [-0.1, -0.05) is 0 Å². The molecule has 0 saturated carbocycles. The van der Waals surface area contributed by atoms with Crippen molar-refractivity contribution in [1.82, 2.24) is 14.5 Å². The maximum Gasteiger partial charge on any atom is 0.240 e. The lowest BCUT2D eigenvalue weighted by Crippen LogP contribution is -2.26. The van der Waals surface area contributed by atoms with Crippen LogP contribution in [-0.2, 0) is 23.5 Å². The van der Waals surface area contributed by atoms with Gasteiger partial charge in [-0.15, -0.1) is 0 Å². The van der Waals surface area contributed by atoms with Crippen LogP contribution in [0.4, 0.5) is 5.69 Å². The van der Waals surface area contributed by atoms with Crippen molar-refractivity contribution >= 4 is 15.7 Å². The minimum absolute atomic E-state index is 0.272. The third-order valence-electron chi connectivity index (χ3n) is 3.14. The molecule has 0 aliphatic carbocycles. The van der Waals surface area contributed by atoms with Crippen molar-refractivity contribution in [3.63, 3.8) is 0 Å². The van der Waals surface area contributed by atoms with E-state index in [-0.39, 0.29) is 4.90 Å². The number of rotatable bonds is 7. The summed E-state index contributed by atoms with van der Waals surface area (Å²) in [5.41, 5.74) is 1.89. The normalized spacial score (nSPS) is 11.5. The highest BCUT2D eigenvalue weighted by Gasteiger charge is 2.13. The molecule has 0 fully saturated rings. The summed E-state index contributed by atoms with van der Waals surface area (Å²) in [6.45, 7) is 3.14. The molecule has 1 aromatic heterocycles. The van der Waals surface area contributed by atoms with Gasteiger partial charge in [-0.05, 0) is 37.3 Å². The molecule has 0 atom stereocenters. The van der Waals surface area contributed by atoms with E-state index < -0.39 is 10.0 Å². The second kappa shape index (κ2) is 6.73. The van der Waals surface area contributed by atoms with Crippen LogP contribution >= 0.6 is 0 Å². The number of aryl methyl sites for hydroxylation is 1. The van der Waals surface area contributed by atoms with E-state index in [1.165, 1.54) is 0 Å². The Morgan fingerprint density at radius 2 is 1.90 bits per heavy atom. The van der Waals surface area contributed by atoms with Crippen LogP contribution in [0.3, 0.4) is 0 Å². The molecule has 1 heterocycles. The van der Waals surface area contributed by atoms with E-state index in [0.717, 1.165) is 17.9 Å². The van der Waals surface area contributed by atoms with Crippen LogP contribution in [0.1, 0.15) is 12.6 Å². The van der Waals surface area contributed by atoms with Gasteiger partial charge >= 0.3 is 0 Å². The monoisotopic (exact) mass is 308 g/mol. The van der Waals surface area contributed by atoms with Gasteiger partial charge in [0.15, 0.2) is 0 Å². The van der Waals surface area contributed by atoms with Crippen LogP contribution in [0.25, 0.3) is 0 Å². The van der Waals surface area contributed by atoms with Gasteiger partial charge in [-0.25, -0.2) is 13.1 Å². The van der Waals surface area contributed by atoms with Crippen molar-refractivity contribution in [2.24, 2.45) is 7.05 Å². The Morgan fingerprint density at radius 3 is 2.48 bits per heavy atom. The highest BCUT2D eigenvalue weighted by molar-refractivity contribution is 7.89. The quantitative estimate of drug-likeness (QED) is 0.810. The molecule has 0 aliphatic heterocycles. The van der Waals surface area contributed by atoms with Gasteiger partial charge in [0, 0.05) is 44.1 Å². The summed E-state index contributed by atoms with van der Waals surface area (Å²) < 4.78 is 28.7. The molecule has 114 valence electrons. The van der Waals surface area contributed by atoms with Crippen LogP contribution in [0, 0.1) is 0 Å². The number of hydrogen-bond donors (Lipinski definition) is 2. The summed E-state index contributed by atoms with van der Waals surface area (Å²) in [7, 11) is -1.63. The third kappa shape index (κ3) is 4.05. The molecule has 2 rings (SSSR count). The Morgan fingerprint density at radius 1 is 1.19 bits per heavy atom. The van der Waals surface area contributed by atoms with Gasteiger partial charge < -0.3 is 5.32 Å². The van der Waals surface area contributed by atoms with E-state index in [2.05, 4.69) is 15.1 Å². The summed E-state index contributed by atoms with van der Waals surface area (Å²) in [5, 5.41) is 7.18. The highest BCUT2D eigenvalue weighted by Crippen LogP contribution is 2.13. The van der Waals surface area contributed by atoms with E-state index in [4.69, 9.17) is 0 Å². The topological polar surface area (TPSA) is 76.0 Å². The maximum absolute atomic E-state index is 12.2. The van der Waals surface area contributed by atoms with Crippen LogP contribution in [0.5, 0.6) is 0 Å². The fraction of sp³-hybridized carbons (Fsp3) is 0.357. The van der Waals surface area contributed by atoms with Crippen LogP contribution in [-0.4, -0.2) is 31.3 Å². The van der Waals surface area contributed by atoms with Gasteiger partial charge in [0.05, 0.1) is 4.90 Å². The molecular weight excluding hydrogens is 288 g/mol. The van der Waals surface area contributed by atoms with Crippen molar-refractivity contribution in [2.45, 2.75) is 18.2 Å². The third-order valence-corrected chi connectivity index (χ3v) is 4.62. The smallest absolute Gasteiger partial charge is 0.240 e. The minimum atomic E-state index is -3.47. The van der Waals surface area contributed by atoms with Crippen molar-refractivity contribution in [3.8, 4) is 0 Å².